The molecule has 10 heteroatoms. The monoisotopic (exact) mass is 488 g/mol. The maximum absolute atomic E-state index is 13.7. The summed E-state index contributed by atoms with van der Waals surface area (Å²) in [7, 11) is 1.39. The SMILES string of the molecule is COC1CC(C(=O)O)N(C(=O)CC(NC(=O)OCC2c3ccccc3-c3ccccc32)C(F)F)C1. The van der Waals surface area contributed by atoms with Crippen LogP contribution in [0.2, 0.25) is 0 Å². The summed E-state index contributed by atoms with van der Waals surface area (Å²) in [4.78, 5) is 37.5. The second-order valence-electron chi connectivity index (χ2n) is 8.61. The number of carboxylic acid groups (broad SMARTS) is 1. The van der Waals surface area contributed by atoms with Gasteiger partial charge in [0.2, 0.25) is 5.91 Å². The summed E-state index contributed by atoms with van der Waals surface area (Å²) in [6.07, 6.45) is -5.32. The Morgan fingerprint density at radius 2 is 1.69 bits per heavy atom. The van der Waals surface area contributed by atoms with Gasteiger partial charge in [0, 0.05) is 26.0 Å². The molecule has 2 aliphatic rings. The first-order valence-electron chi connectivity index (χ1n) is 11.2. The Hall–Kier alpha value is -3.53. The number of carboxylic acids is 1. The molecule has 3 unspecified atom stereocenters. The Morgan fingerprint density at radius 3 is 2.23 bits per heavy atom. The molecule has 1 aliphatic heterocycles. The first kappa shape index (κ1) is 24.6. The quantitative estimate of drug-likeness (QED) is 0.591. The largest absolute Gasteiger partial charge is 0.480 e. The average molecular weight is 488 g/mol. The lowest BCUT2D eigenvalue weighted by atomic mass is 9.98. The third-order valence-electron chi connectivity index (χ3n) is 6.55. The molecule has 35 heavy (non-hydrogen) atoms. The van der Waals surface area contributed by atoms with Gasteiger partial charge in [0.05, 0.1) is 12.5 Å². The van der Waals surface area contributed by atoms with Crippen LogP contribution < -0.4 is 5.32 Å². The van der Waals surface area contributed by atoms with Crippen LogP contribution in [-0.2, 0) is 19.1 Å². The fourth-order valence-electron chi connectivity index (χ4n) is 4.78. The summed E-state index contributed by atoms with van der Waals surface area (Å²) < 4.78 is 37.7. The molecule has 1 fully saturated rings. The van der Waals surface area contributed by atoms with Crippen molar-refractivity contribution in [2.24, 2.45) is 0 Å². The molecular formula is C25H26F2N2O6. The van der Waals surface area contributed by atoms with E-state index in [4.69, 9.17) is 9.47 Å². The van der Waals surface area contributed by atoms with Gasteiger partial charge in [-0.05, 0) is 22.3 Å². The second kappa shape index (κ2) is 10.4. The predicted molar refractivity (Wildman–Crippen MR) is 121 cm³/mol. The number of hydrogen-bond acceptors (Lipinski definition) is 5. The van der Waals surface area contributed by atoms with Crippen LogP contribution in [0, 0.1) is 0 Å². The molecule has 2 amide bonds. The van der Waals surface area contributed by atoms with Crippen molar-refractivity contribution in [3.63, 3.8) is 0 Å². The fraction of sp³-hybridized carbons (Fsp3) is 0.400. The summed E-state index contributed by atoms with van der Waals surface area (Å²) in [5.41, 5.74) is 4.01. The van der Waals surface area contributed by atoms with Gasteiger partial charge in [0.25, 0.3) is 6.43 Å². The van der Waals surface area contributed by atoms with Gasteiger partial charge in [0.15, 0.2) is 0 Å². The van der Waals surface area contributed by atoms with Crippen molar-refractivity contribution >= 4 is 18.0 Å². The van der Waals surface area contributed by atoms with E-state index in [1.807, 2.05) is 48.5 Å². The van der Waals surface area contributed by atoms with Crippen LogP contribution in [0.15, 0.2) is 48.5 Å². The van der Waals surface area contributed by atoms with Crippen molar-refractivity contribution in [3.8, 4) is 11.1 Å². The number of methoxy groups -OCH3 is 1. The molecule has 1 heterocycles. The number of ether oxygens (including phenoxy) is 2. The van der Waals surface area contributed by atoms with Crippen LogP contribution in [0.4, 0.5) is 13.6 Å². The highest BCUT2D eigenvalue weighted by Gasteiger charge is 2.41. The first-order valence-corrected chi connectivity index (χ1v) is 11.2. The summed E-state index contributed by atoms with van der Waals surface area (Å²) in [5, 5.41) is 11.4. The number of aliphatic carboxylic acids is 1. The topological polar surface area (TPSA) is 105 Å². The van der Waals surface area contributed by atoms with Crippen LogP contribution in [0.3, 0.4) is 0 Å². The van der Waals surface area contributed by atoms with Crippen LogP contribution in [-0.4, -0.2) is 72.9 Å². The Balaban J connectivity index is 1.38. The molecule has 0 radical (unpaired) electrons. The Morgan fingerprint density at radius 1 is 1.09 bits per heavy atom. The van der Waals surface area contributed by atoms with Gasteiger partial charge in [-0.15, -0.1) is 0 Å². The van der Waals surface area contributed by atoms with Crippen molar-refractivity contribution in [2.45, 2.75) is 43.4 Å². The zero-order valence-corrected chi connectivity index (χ0v) is 19.0. The second-order valence-corrected chi connectivity index (χ2v) is 8.61. The van der Waals surface area contributed by atoms with E-state index in [1.54, 1.807) is 0 Å². The zero-order valence-electron chi connectivity index (χ0n) is 19.0. The molecule has 2 aromatic rings. The molecule has 2 aromatic carbocycles. The van der Waals surface area contributed by atoms with Crippen molar-refractivity contribution in [1.29, 1.82) is 0 Å². The first-order chi connectivity index (χ1) is 16.8. The molecule has 4 rings (SSSR count). The van der Waals surface area contributed by atoms with Gasteiger partial charge < -0.3 is 24.8 Å². The minimum absolute atomic E-state index is 0.0206. The van der Waals surface area contributed by atoms with Gasteiger partial charge in [-0.2, -0.15) is 0 Å². The summed E-state index contributed by atoms with van der Waals surface area (Å²) >= 11 is 0. The van der Waals surface area contributed by atoms with Crippen LogP contribution in [0.5, 0.6) is 0 Å². The van der Waals surface area contributed by atoms with E-state index in [0.29, 0.717) is 0 Å². The molecule has 0 bridgehead atoms. The van der Waals surface area contributed by atoms with Gasteiger partial charge in [0.1, 0.15) is 18.7 Å². The number of halogens is 2. The molecule has 3 atom stereocenters. The van der Waals surface area contributed by atoms with E-state index >= 15 is 0 Å². The standard InChI is InChI=1S/C25H26F2N2O6/c1-34-14-10-21(24(31)32)29(12-14)22(30)11-20(23(26)27)28-25(33)35-13-19-17-8-4-2-6-15(17)16-7-3-5-9-18(16)19/h2-9,14,19-21,23H,10-13H2,1H3,(H,28,33)(H,31,32). The lowest BCUT2D eigenvalue weighted by molar-refractivity contribution is -0.148. The number of alkyl carbamates (subject to hydrolysis) is 1. The average Bonchev–Trinajstić information content (AvgIpc) is 3.42. The van der Waals surface area contributed by atoms with Crippen molar-refractivity contribution in [2.75, 3.05) is 20.3 Å². The summed E-state index contributed by atoms with van der Waals surface area (Å²) in [5.74, 6) is -2.29. The summed E-state index contributed by atoms with van der Waals surface area (Å²) in [6, 6.07) is 12.4. The molecular weight excluding hydrogens is 462 g/mol. The number of rotatable bonds is 8. The minimum Gasteiger partial charge on any atom is -0.480 e. The number of hydrogen-bond donors (Lipinski definition) is 2. The number of alkyl halides is 2. The number of fused-ring (bicyclic) bond motifs is 3. The van der Waals surface area contributed by atoms with E-state index < -0.39 is 49.0 Å². The van der Waals surface area contributed by atoms with Crippen LogP contribution >= 0.6 is 0 Å². The van der Waals surface area contributed by atoms with E-state index in [9.17, 15) is 28.3 Å². The van der Waals surface area contributed by atoms with Crippen molar-refractivity contribution < 1.29 is 37.7 Å². The number of amides is 2. The van der Waals surface area contributed by atoms with Crippen LogP contribution in [0.25, 0.3) is 11.1 Å². The van der Waals surface area contributed by atoms with Crippen molar-refractivity contribution in [3.05, 3.63) is 59.7 Å². The van der Waals surface area contributed by atoms with Gasteiger partial charge in [-0.25, -0.2) is 18.4 Å². The minimum atomic E-state index is -3.05. The third-order valence-corrected chi connectivity index (χ3v) is 6.55. The number of benzene rings is 2. The molecule has 1 saturated heterocycles. The number of carbonyl (C=O) groups is 3. The predicted octanol–water partition coefficient (Wildman–Crippen LogP) is 3.25. The lowest BCUT2D eigenvalue weighted by Crippen LogP contribution is -2.47. The van der Waals surface area contributed by atoms with Gasteiger partial charge in [-0.1, -0.05) is 48.5 Å². The van der Waals surface area contributed by atoms with Gasteiger partial charge >= 0.3 is 12.1 Å². The molecule has 1 aliphatic carbocycles. The van der Waals surface area contributed by atoms with Gasteiger partial charge in [-0.3, -0.25) is 4.79 Å². The maximum atomic E-state index is 13.7. The third kappa shape index (κ3) is 5.12. The normalized spacial score (nSPS) is 19.8. The lowest BCUT2D eigenvalue weighted by Gasteiger charge is -2.24. The Kier molecular flexibility index (Phi) is 7.30. The fourth-order valence-corrected chi connectivity index (χ4v) is 4.78. The van der Waals surface area contributed by atoms with E-state index in [-0.39, 0.29) is 25.5 Å². The molecule has 186 valence electrons. The molecule has 0 spiro atoms. The van der Waals surface area contributed by atoms with Crippen LogP contribution in [0.1, 0.15) is 29.9 Å². The number of likely N-dealkylation sites (tertiary alicyclic amines) is 1. The molecule has 0 aromatic heterocycles. The molecule has 0 saturated carbocycles. The number of nitrogens with one attached hydrogen (secondary N) is 1. The maximum Gasteiger partial charge on any atom is 0.407 e. The van der Waals surface area contributed by atoms with Crippen molar-refractivity contribution in [1.82, 2.24) is 10.2 Å². The molecule has 2 N–H and O–H groups in total. The Labute approximate surface area is 200 Å². The summed E-state index contributed by atoms with van der Waals surface area (Å²) in [6.45, 7) is -0.0836. The number of nitrogens with zero attached hydrogens (tertiary/aromatic N) is 1. The van der Waals surface area contributed by atoms with E-state index in [1.165, 1.54) is 7.11 Å². The zero-order chi connectivity index (χ0) is 25.1. The smallest absolute Gasteiger partial charge is 0.407 e. The highest BCUT2D eigenvalue weighted by atomic mass is 19.3. The highest BCUT2D eigenvalue weighted by Crippen LogP contribution is 2.44. The molecule has 8 nitrogen and oxygen atoms in total. The number of carbonyl (C=O) groups excluding carboxylic acids is 2. The Bertz CT molecular complexity index is 1070. The van der Waals surface area contributed by atoms with E-state index in [2.05, 4.69) is 5.32 Å². The highest BCUT2D eigenvalue weighted by molar-refractivity contribution is 5.85. The van der Waals surface area contributed by atoms with E-state index in [0.717, 1.165) is 27.2 Å².